The van der Waals surface area contributed by atoms with Gasteiger partial charge in [0.2, 0.25) is 0 Å². The smallest absolute Gasteiger partial charge is 0.433 e. The number of para-hydroxylation sites is 2. The summed E-state index contributed by atoms with van der Waals surface area (Å²) in [7, 11) is 3.02. The number of aromatic nitrogens is 2. The number of amides is 1. The van der Waals surface area contributed by atoms with Crippen LogP contribution in [0.2, 0.25) is 5.02 Å². The van der Waals surface area contributed by atoms with Crippen molar-refractivity contribution in [3.05, 3.63) is 81.0 Å². The Hall–Kier alpha value is -3.33. The number of benzene rings is 2. The Morgan fingerprint density at radius 1 is 1.16 bits per heavy atom. The maximum atomic E-state index is 13.0. The van der Waals surface area contributed by atoms with Gasteiger partial charge in [-0.15, -0.1) is 0 Å². The van der Waals surface area contributed by atoms with Crippen LogP contribution in [-0.4, -0.2) is 29.6 Å². The molecule has 31 heavy (non-hydrogen) atoms. The van der Waals surface area contributed by atoms with Crippen molar-refractivity contribution in [1.82, 2.24) is 9.55 Å². The Morgan fingerprint density at radius 2 is 1.84 bits per heavy atom. The third kappa shape index (κ3) is 4.41. The van der Waals surface area contributed by atoms with Crippen LogP contribution in [0.4, 0.5) is 18.9 Å². The van der Waals surface area contributed by atoms with Gasteiger partial charge in [-0.1, -0.05) is 23.7 Å². The van der Waals surface area contributed by atoms with Crippen molar-refractivity contribution in [2.45, 2.75) is 13.1 Å². The molecule has 1 aromatic heterocycles. The van der Waals surface area contributed by atoms with E-state index in [0.717, 1.165) is 10.6 Å². The fraction of sp³-hybridized carbons (Fsp3) is 0.190. The van der Waals surface area contributed by atoms with Crippen molar-refractivity contribution in [1.29, 1.82) is 0 Å². The number of carbonyl (C=O) groups is 1. The number of methoxy groups -OCH3 is 1. The number of nitrogens with zero attached hydrogens (tertiary/aromatic N) is 3. The molecule has 0 bridgehead atoms. The van der Waals surface area contributed by atoms with Gasteiger partial charge in [0.15, 0.2) is 5.69 Å². The van der Waals surface area contributed by atoms with E-state index in [4.69, 9.17) is 16.3 Å². The SMILES string of the molecule is COc1ccccc1N(C)C(=O)c1ccc(Cl)c(-n2c(C)cc(C(F)(F)F)nc2=O)c1. The first-order chi connectivity index (χ1) is 14.5. The molecule has 0 N–H and O–H groups in total. The van der Waals surface area contributed by atoms with Gasteiger partial charge in [-0.3, -0.25) is 9.36 Å². The number of ether oxygens (including phenoxy) is 1. The molecule has 0 saturated carbocycles. The van der Waals surface area contributed by atoms with Gasteiger partial charge in [0, 0.05) is 18.3 Å². The van der Waals surface area contributed by atoms with Crippen molar-refractivity contribution in [3.8, 4) is 11.4 Å². The number of anilines is 1. The van der Waals surface area contributed by atoms with E-state index < -0.39 is 23.5 Å². The van der Waals surface area contributed by atoms with E-state index in [1.165, 1.54) is 37.1 Å². The van der Waals surface area contributed by atoms with Crippen molar-refractivity contribution in [2.24, 2.45) is 0 Å². The highest BCUT2D eigenvalue weighted by atomic mass is 35.5. The summed E-state index contributed by atoms with van der Waals surface area (Å²) in [6.45, 7) is 1.32. The summed E-state index contributed by atoms with van der Waals surface area (Å²) in [5.74, 6) is 0.0412. The molecule has 0 aliphatic carbocycles. The average molecular weight is 452 g/mol. The quantitative estimate of drug-likeness (QED) is 0.586. The Labute approximate surface area is 180 Å². The van der Waals surface area contributed by atoms with Gasteiger partial charge >= 0.3 is 11.9 Å². The third-order valence-corrected chi connectivity index (χ3v) is 4.90. The second-order valence-electron chi connectivity index (χ2n) is 6.60. The van der Waals surface area contributed by atoms with Crippen molar-refractivity contribution in [2.75, 3.05) is 19.1 Å². The molecule has 0 spiro atoms. The van der Waals surface area contributed by atoms with Crippen LogP contribution in [0.15, 0.2) is 53.3 Å². The topological polar surface area (TPSA) is 64.4 Å². The molecule has 0 aliphatic heterocycles. The monoisotopic (exact) mass is 451 g/mol. The van der Waals surface area contributed by atoms with Crippen LogP contribution in [0, 0.1) is 6.92 Å². The normalized spacial score (nSPS) is 11.3. The first kappa shape index (κ1) is 22.4. The molecular weight excluding hydrogens is 435 g/mol. The van der Waals surface area contributed by atoms with E-state index in [1.807, 2.05) is 0 Å². The minimum Gasteiger partial charge on any atom is -0.495 e. The molecule has 2 aromatic carbocycles. The minimum atomic E-state index is -4.76. The van der Waals surface area contributed by atoms with Gasteiger partial charge < -0.3 is 9.64 Å². The number of rotatable bonds is 4. The van der Waals surface area contributed by atoms with Crippen LogP contribution < -0.4 is 15.3 Å². The Balaban J connectivity index is 2.07. The van der Waals surface area contributed by atoms with Gasteiger partial charge in [0.05, 0.1) is 23.5 Å². The van der Waals surface area contributed by atoms with Gasteiger partial charge in [-0.25, -0.2) is 4.79 Å². The lowest BCUT2D eigenvalue weighted by molar-refractivity contribution is -0.141. The number of carbonyl (C=O) groups excluding carboxylic acids is 1. The molecule has 1 heterocycles. The van der Waals surface area contributed by atoms with Crippen LogP contribution in [0.25, 0.3) is 5.69 Å². The van der Waals surface area contributed by atoms with Crippen LogP contribution in [0.1, 0.15) is 21.7 Å². The summed E-state index contributed by atoms with van der Waals surface area (Å²) in [5.41, 5.74) is -1.76. The summed E-state index contributed by atoms with van der Waals surface area (Å²) in [6.07, 6.45) is -4.76. The van der Waals surface area contributed by atoms with Crippen molar-refractivity contribution in [3.63, 3.8) is 0 Å². The fourth-order valence-electron chi connectivity index (χ4n) is 3.06. The van der Waals surface area contributed by atoms with E-state index in [9.17, 15) is 22.8 Å². The van der Waals surface area contributed by atoms with Crippen LogP contribution in [0.3, 0.4) is 0 Å². The molecule has 0 atom stereocenters. The van der Waals surface area contributed by atoms with Gasteiger partial charge in [-0.05, 0) is 43.3 Å². The van der Waals surface area contributed by atoms with Gasteiger partial charge in [0.25, 0.3) is 5.91 Å². The summed E-state index contributed by atoms with van der Waals surface area (Å²) < 4.78 is 45.0. The zero-order valence-corrected chi connectivity index (χ0v) is 17.5. The standard InChI is InChI=1S/C21H17ClF3N3O3/c1-12-10-18(21(23,24)25)26-20(30)28(12)16-11-13(8-9-14(16)22)19(29)27(2)15-6-4-5-7-17(15)31-3/h4-11H,1-3H3. The largest absolute Gasteiger partial charge is 0.495 e. The first-order valence-corrected chi connectivity index (χ1v) is 9.31. The summed E-state index contributed by atoms with van der Waals surface area (Å²) in [6, 6.07) is 11.8. The number of hydrogen-bond donors (Lipinski definition) is 0. The van der Waals surface area contributed by atoms with Crippen LogP contribution in [0.5, 0.6) is 5.75 Å². The molecule has 0 radical (unpaired) electrons. The van der Waals surface area contributed by atoms with E-state index in [1.54, 1.807) is 31.3 Å². The van der Waals surface area contributed by atoms with Crippen LogP contribution in [-0.2, 0) is 6.18 Å². The number of aryl methyl sites for hydroxylation is 1. The first-order valence-electron chi connectivity index (χ1n) is 8.93. The molecule has 1 amide bonds. The molecular formula is C21H17ClF3N3O3. The van der Waals surface area contributed by atoms with E-state index >= 15 is 0 Å². The van der Waals surface area contributed by atoms with Gasteiger partial charge in [0.1, 0.15) is 5.75 Å². The van der Waals surface area contributed by atoms with Crippen molar-refractivity contribution < 1.29 is 22.7 Å². The number of halogens is 4. The van der Waals surface area contributed by atoms with E-state index in [0.29, 0.717) is 11.4 Å². The lowest BCUT2D eigenvalue weighted by Crippen LogP contribution is -2.29. The van der Waals surface area contributed by atoms with E-state index in [2.05, 4.69) is 4.98 Å². The lowest BCUT2D eigenvalue weighted by Gasteiger charge is -2.21. The predicted molar refractivity (Wildman–Crippen MR) is 110 cm³/mol. The Morgan fingerprint density at radius 3 is 2.45 bits per heavy atom. The lowest BCUT2D eigenvalue weighted by atomic mass is 10.1. The zero-order valence-electron chi connectivity index (χ0n) is 16.7. The average Bonchev–Trinajstić information content (AvgIpc) is 2.72. The molecule has 3 aromatic rings. The molecule has 0 saturated heterocycles. The summed E-state index contributed by atoms with van der Waals surface area (Å²) in [5, 5.41) is 0.0725. The fourth-order valence-corrected chi connectivity index (χ4v) is 3.27. The minimum absolute atomic E-state index is 0.0306. The molecule has 3 rings (SSSR count). The third-order valence-electron chi connectivity index (χ3n) is 4.58. The molecule has 0 fully saturated rings. The highest BCUT2D eigenvalue weighted by molar-refractivity contribution is 6.32. The summed E-state index contributed by atoms with van der Waals surface area (Å²) in [4.78, 5) is 29.9. The highest BCUT2D eigenvalue weighted by Crippen LogP contribution is 2.30. The van der Waals surface area contributed by atoms with Gasteiger partial charge in [-0.2, -0.15) is 18.2 Å². The number of hydrogen-bond acceptors (Lipinski definition) is 4. The Kier molecular flexibility index (Phi) is 6.08. The molecule has 162 valence electrons. The van der Waals surface area contributed by atoms with E-state index in [-0.39, 0.29) is 22.0 Å². The maximum Gasteiger partial charge on any atom is 0.433 e. The highest BCUT2D eigenvalue weighted by Gasteiger charge is 2.34. The predicted octanol–water partition coefficient (Wildman–Crippen LogP) is 4.50. The van der Waals surface area contributed by atoms with Crippen molar-refractivity contribution >= 4 is 23.2 Å². The maximum absolute atomic E-state index is 13.0. The Bertz CT molecular complexity index is 1210. The molecule has 0 aliphatic rings. The molecule has 0 unspecified atom stereocenters. The van der Waals surface area contributed by atoms with Crippen LogP contribution >= 0.6 is 11.6 Å². The zero-order chi connectivity index (χ0) is 22.9. The molecule has 6 nitrogen and oxygen atoms in total. The summed E-state index contributed by atoms with van der Waals surface area (Å²) >= 11 is 6.20. The second kappa shape index (κ2) is 8.43. The second-order valence-corrected chi connectivity index (χ2v) is 7.01. The number of alkyl halides is 3. The molecule has 10 heteroatoms.